The van der Waals surface area contributed by atoms with E-state index >= 15 is 0 Å². The van der Waals surface area contributed by atoms with Gasteiger partial charge in [-0.15, -0.1) is 12.4 Å². The summed E-state index contributed by atoms with van der Waals surface area (Å²) in [6.07, 6.45) is 2.00. The number of aromatic nitrogens is 2. The van der Waals surface area contributed by atoms with Gasteiger partial charge in [-0.25, -0.2) is 9.37 Å². The minimum Gasteiger partial charge on any atom is -0.368 e. The highest BCUT2D eigenvalue weighted by atomic mass is 35.5. The number of halogens is 2. The summed E-state index contributed by atoms with van der Waals surface area (Å²) in [6.45, 7) is 3.79. The zero-order chi connectivity index (χ0) is 20.7. The van der Waals surface area contributed by atoms with E-state index in [0.717, 1.165) is 49.2 Å². The summed E-state index contributed by atoms with van der Waals surface area (Å²) in [5.74, 6) is 0.557. The van der Waals surface area contributed by atoms with Crippen LogP contribution in [-0.2, 0) is 11.8 Å². The average Bonchev–Trinajstić information content (AvgIpc) is 3.43. The molecule has 1 unspecified atom stereocenters. The van der Waals surface area contributed by atoms with Gasteiger partial charge < -0.3 is 19.7 Å². The van der Waals surface area contributed by atoms with Crippen LogP contribution in [0.3, 0.4) is 0 Å². The normalized spacial score (nSPS) is 19.0. The third-order valence-corrected chi connectivity index (χ3v) is 6.29. The molecule has 0 saturated carbocycles. The molecule has 2 aromatic carbocycles. The molecule has 5 rings (SSSR count). The first-order valence-corrected chi connectivity index (χ1v) is 10.6. The first-order valence-electron chi connectivity index (χ1n) is 10.6. The van der Waals surface area contributed by atoms with Crippen molar-refractivity contribution in [1.82, 2.24) is 19.8 Å². The molecular weight excluding hydrogens is 417 g/mol. The molecule has 2 saturated heterocycles. The molecule has 1 aromatic heterocycles. The van der Waals surface area contributed by atoms with Crippen molar-refractivity contribution >= 4 is 35.0 Å². The van der Waals surface area contributed by atoms with Gasteiger partial charge in [0.25, 0.3) is 0 Å². The number of amides is 1. The van der Waals surface area contributed by atoms with Crippen LogP contribution in [0.1, 0.15) is 12.8 Å². The van der Waals surface area contributed by atoms with Gasteiger partial charge in [0.15, 0.2) is 0 Å². The Hall–Kier alpha value is -2.64. The predicted octanol–water partition coefficient (Wildman–Crippen LogP) is 3.20. The highest BCUT2D eigenvalue weighted by Gasteiger charge is 2.29. The molecule has 2 aliphatic rings. The van der Waals surface area contributed by atoms with Crippen LogP contribution in [0.25, 0.3) is 22.4 Å². The van der Waals surface area contributed by atoms with E-state index in [-0.39, 0.29) is 30.2 Å². The number of nitrogens with zero attached hydrogens (tertiary/aromatic N) is 4. The summed E-state index contributed by atoms with van der Waals surface area (Å²) in [4.78, 5) is 21.5. The molecule has 2 fully saturated rings. The van der Waals surface area contributed by atoms with Crippen molar-refractivity contribution in [3.63, 3.8) is 0 Å². The van der Waals surface area contributed by atoms with Gasteiger partial charge in [0.2, 0.25) is 5.91 Å². The number of fused-ring (bicyclic) bond motifs is 1. The number of piperazine rings is 1. The molecule has 0 bridgehead atoms. The Morgan fingerprint density at radius 2 is 1.90 bits per heavy atom. The fraction of sp³-hybridized carbons (Fsp3) is 0.391. The fourth-order valence-corrected chi connectivity index (χ4v) is 4.57. The Kier molecular flexibility index (Phi) is 6.16. The summed E-state index contributed by atoms with van der Waals surface area (Å²) in [7, 11) is 1.91. The van der Waals surface area contributed by atoms with E-state index in [9.17, 15) is 9.18 Å². The second-order valence-electron chi connectivity index (χ2n) is 8.11. The van der Waals surface area contributed by atoms with Crippen LogP contribution in [-0.4, -0.2) is 59.1 Å². The zero-order valence-electron chi connectivity index (χ0n) is 17.6. The maximum atomic E-state index is 14.7. The van der Waals surface area contributed by atoms with Gasteiger partial charge in [0.1, 0.15) is 11.6 Å². The number of anilines is 1. The maximum Gasteiger partial charge on any atom is 0.239 e. The van der Waals surface area contributed by atoms with Crippen LogP contribution in [0, 0.1) is 5.82 Å². The molecular formula is C23H27ClFN5O. The molecule has 6 nitrogen and oxygen atoms in total. The van der Waals surface area contributed by atoms with Gasteiger partial charge in [-0.2, -0.15) is 0 Å². The van der Waals surface area contributed by atoms with E-state index in [2.05, 4.69) is 15.2 Å². The van der Waals surface area contributed by atoms with E-state index in [1.807, 2.05) is 52.9 Å². The molecule has 1 atom stereocenters. The summed E-state index contributed by atoms with van der Waals surface area (Å²) >= 11 is 0. The van der Waals surface area contributed by atoms with E-state index in [1.165, 1.54) is 6.07 Å². The van der Waals surface area contributed by atoms with Crippen LogP contribution >= 0.6 is 12.4 Å². The largest absolute Gasteiger partial charge is 0.368 e. The Bertz CT molecular complexity index is 1090. The van der Waals surface area contributed by atoms with E-state index in [1.54, 1.807) is 0 Å². The molecule has 2 aliphatic heterocycles. The van der Waals surface area contributed by atoms with Crippen molar-refractivity contribution in [3.8, 4) is 11.4 Å². The summed E-state index contributed by atoms with van der Waals surface area (Å²) < 4.78 is 16.7. The Morgan fingerprint density at radius 3 is 2.61 bits per heavy atom. The van der Waals surface area contributed by atoms with Gasteiger partial charge in [-0.1, -0.05) is 12.1 Å². The first kappa shape index (κ1) is 21.6. The number of aryl methyl sites for hydroxylation is 1. The van der Waals surface area contributed by atoms with Crippen molar-refractivity contribution in [2.24, 2.45) is 7.05 Å². The van der Waals surface area contributed by atoms with Crippen molar-refractivity contribution in [1.29, 1.82) is 0 Å². The highest BCUT2D eigenvalue weighted by molar-refractivity contribution is 5.85. The number of nitrogens with one attached hydrogen (secondary N) is 1. The molecule has 3 heterocycles. The summed E-state index contributed by atoms with van der Waals surface area (Å²) in [6, 6.07) is 13.0. The third kappa shape index (κ3) is 4.00. The lowest BCUT2D eigenvalue weighted by Gasteiger charge is -2.37. The number of carbonyl (C=O) groups is 1. The molecule has 8 heteroatoms. The summed E-state index contributed by atoms with van der Waals surface area (Å²) in [5, 5.41) is 3.29. The molecule has 0 radical (unpaired) electrons. The minimum atomic E-state index is -0.279. The van der Waals surface area contributed by atoms with Crippen LogP contribution in [0.4, 0.5) is 10.1 Å². The molecule has 0 spiro atoms. The first-order chi connectivity index (χ1) is 14.6. The van der Waals surface area contributed by atoms with Gasteiger partial charge in [-0.05, 0) is 49.7 Å². The highest BCUT2D eigenvalue weighted by Crippen LogP contribution is 2.30. The van der Waals surface area contributed by atoms with E-state index in [4.69, 9.17) is 0 Å². The monoisotopic (exact) mass is 443 g/mol. The Labute approximate surface area is 187 Å². The molecule has 3 aromatic rings. The standard InChI is InChI=1S/C23H26FN5O.ClH/c1-27-21-7-3-2-5-19(21)26-22(27)17-15-16(8-9-18(17)24)28-11-13-29(14-12-28)23(30)20-6-4-10-25-20;/h2-3,5,7-9,15,20,25H,4,6,10-14H2,1H3;1H. The lowest BCUT2D eigenvalue weighted by atomic mass is 10.1. The van der Waals surface area contributed by atoms with E-state index in [0.29, 0.717) is 24.5 Å². The fourth-order valence-electron chi connectivity index (χ4n) is 4.57. The lowest BCUT2D eigenvalue weighted by molar-refractivity contribution is -0.133. The van der Waals surface area contributed by atoms with Crippen LogP contribution in [0.5, 0.6) is 0 Å². The van der Waals surface area contributed by atoms with Crippen LogP contribution < -0.4 is 10.2 Å². The van der Waals surface area contributed by atoms with E-state index < -0.39 is 0 Å². The van der Waals surface area contributed by atoms with Gasteiger partial charge in [0, 0.05) is 38.9 Å². The SMILES string of the molecule is Cl.Cn1c(-c2cc(N3CCN(C(=O)C4CCCN4)CC3)ccc2F)nc2ccccc21. The minimum absolute atomic E-state index is 0. The average molecular weight is 444 g/mol. The van der Waals surface area contributed by atoms with Gasteiger partial charge >= 0.3 is 0 Å². The van der Waals surface area contributed by atoms with Gasteiger partial charge in [0.05, 0.1) is 22.6 Å². The summed E-state index contributed by atoms with van der Waals surface area (Å²) in [5.41, 5.74) is 3.29. The second kappa shape index (κ2) is 8.85. The van der Waals surface area contributed by atoms with Crippen molar-refractivity contribution in [3.05, 3.63) is 48.3 Å². The Balaban J connectivity index is 0.00000231. The second-order valence-corrected chi connectivity index (χ2v) is 8.11. The van der Waals surface area contributed by atoms with Crippen LogP contribution in [0.2, 0.25) is 0 Å². The third-order valence-electron chi connectivity index (χ3n) is 6.29. The van der Waals surface area contributed by atoms with Crippen molar-refractivity contribution < 1.29 is 9.18 Å². The number of hydrogen-bond acceptors (Lipinski definition) is 4. The van der Waals surface area contributed by atoms with Crippen LogP contribution in [0.15, 0.2) is 42.5 Å². The quantitative estimate of drug-likeness (QED) is 0.675. The molecule has 1 N–H and O–H groups in total. The number of benzene rings is 2. The topological polar surface area (TPSA) is 53.4 Å². The zero-order valence-corrected chi connectivity index (χ0v) is 18.4. The molecule has 164 valence electrons. The number of carbonyl (C=O) groups excluding carboxylic acids is 1. The van der Waals surface area contributed by atoms with Crippen molar-refractivity contribution in [2.45, 2.75) is 18.9 Å². The number of rotatable bonds is 3. The lowest BCUT2D eigenvalue weighted by Crippen LogP contribution is -2.53. The Morgan fingerprint density at radius 1 is 1.13 bits per heavy atom. The number of para-hydroxylation sites is 2. The van der Waals surface area contributed by atoms with Crippen molar-refractivity contribution in [2.75, 3.05) is 37.6 Å². The molecule has 0 aliphatic carbocycles. The smallest absolute Gasteiger partial charge is 0.239 e. The number of imidazole rings is 1. The number of hydrogen-bond donors (Lipinski definition) is 1. The van der Waals surface area contributed by atoms with Gasteiger partial charge in [-0.3, -0.25) is 4.79 Å². The molecule has 31 heavy (non-hydrogen) atoms. The predicted molar refractivity (Wildman–Crippen MR) is 123 cm³/mol. The maximum absolute atomic E-state index is 14.7. The molecule has 1 amide bonds.